The first kappa shape index (κ1) is 20.3. The predicted octanol–water partition coefficient (Wildman–Crippen LogP) is 4.08. The number of aliphatic carboxylic acids is 1. The zero-order chi connectivity index (χ0) is 19.1. The van der Waals surface area contributed by atoms with Crippen LogP contribution in [0.1, 0.15) is 6.92 Å². The maximum absolute atomic E-state index is 12.3. The molecular formula is C19H21ClN2O3S. The maximum Gasteiger partial charge on any atom is 0.307 e. The number of carbonyl (C=O) groups is 2. The number of carboxylic acid groups (broad SMARTS) is 1. The normalized spacial score (nSPS) is 12.0. The third-order valence-corrected chi connectivity index (χ3v) is 4.96. The highest BCUT2D eigenvalue weighted by atomic mass is 35.5. The summed E-state index contributed by atoms with van der Waals surface area (Å²) in [6.07, 6.45) is 0. The number of para-hydroxylation sites is 1. The summed E-state index contributed by atoms with van der Waals surface area (Å²) in [5.41, 5.74) is 0.720. The van der Waals surface area contributed by atoms with Crippen molar-refractivity contribution in [1.82, 2.24) is 4.90 Å². The highest BCUT2D eigenvalue weighted by Crippen LogP contribution is 2.33. The highest BCUT2D eigenvalue weighted by Gasteiger charge is 2.16. The van der Waals surface area contributed by atoms with Crippen LogP contribution in [0.15, 0.2) is 58.3 Å². The fourth-order valence-corrected chi connectivity index (χ4v) is 3.36. The summed E-state index contributed by atoms with van der Waals surface area (Å²) in [5, 5.41) is 12.5. The van der Waals surface area contributed by atoms with Crippen molar-refractivity contribution in [2.24, 2.45) is 5.92 Å². The Labute approximate surface area is 162 Å². The van der Waals surface area contributed by atoms with Gasteiger partial charge in [-0.25, -0.2) is 0 Å². The van der Waals surface area contributed by atoms with Crippen molar-refractivity contribution in [1.29, 1.82) is 0 Å². The van der Waals surface area contributed by atoms with Crippen LogP contribution < -0.4 is 5.32 Å². The van der Waals surface area contributed by atoms with E-state index in [0.717, 1.165) is 15.5 Å². The molecule has 1 amide bonds. The lowest BCUT2D eigenvalue weighted by atomic mass is 10.2. The second-order valence-corrected chi connectivity index (χ2v) is 7.59. The number of benzene rings is 2. The van der Waals surface area contributed by atoms with E-state index in [2.05, 4.69) is 5.32 Å². The first-order valence-electron chi connectivity index (χ1n) is 8.09. The number of anilines is 1. The number of rotatable bonds is 8. The average Bonchev–Trinajstić information content (AvgIpc) is 2.58. The quantitative estimate of drug-likeness (QED) is 0.708. The summed E-state index contributed by atoms with van der Waals surface area (Å²) in [5.74, 6) is -1.59. The number of amides is 1. The molecule has 26 heavy (non-hydrogen) atoms. The number of nitrogens with one attached hydrogen (secondary N) is 1. The molecule has 0 aliphatic heterocycles. The fourth-order valence-electron chi connectivity index (χ4n) is 2.33. The molecule has 2 N–H and O–H groups in total. The molecule has 2 rings (SSSR count). The van der Waals surface area contributed by atoms with Crippen LogP contribution in [0.4, 0.5) is 5.69 Å². The first-order chi connectivity index (χ1) is 12.3. The van der Waals surface area contributed by atoms with Crippen molar-refractivity contribution in [3.05, 3.63) is 53.6 Å². The van der Waals surface area contributed by atoms with Crippen molar-refractivity contribution < 1.29 is 14.7 Å². The molecular weight excluding hydrogens is 372 g/mol. The number of carbonyl (C=O) groups excluding carboxylic acids is 1. The molecule has 138 valence electrons. The third-order valence-electron chi connectivity index (χ3n) is 3.62. The Kier molecular flexibility index (Phi) is 7.50. The Hall–Kier alpha value is -2.02. The zero-order valence-corrected chi connectivity index (χ0v) is 16.2. The number of carboxylic acids is 1. The van der Waals surface area contributed by atoms with Gasteiger partial charge in [-0.3, -0.25) is 14.5 Å². The van der Waals surface area contributed by atoms with Gasteiger partial charge in [0.25, 0.3) is 0 Å². The lowest BCUT2D eigenvalue weighted by molar-refractivity contribution is -0.141. The number of hydrogen-bond donors (Lipinski definition) is 2. The number of nitrogens with zero attached hydrogens (tertiary/aromatic N) is 1. The summed E-state index contributed by atoms with van der Waals surface area (Å²) in [7, 11) is 1.73. The molecule has 0 saturated heterocycles. The molecule has 1 unspecified atom stereocenters. The molecule has 0 aliphatic carbocycles. The van der Waals surface area contributed by atoms with Gasteiger partial charge < -0.3 is 10.4 Å². The van der Waals surface area contributed by atoms with Crippen molar-refractivity contribution in [2.45, 2.75) is 16.7 Å². The van der Waals surface area contributed by atoms with Gasteiger partial charge in [0.2, 0.25) is 5.91 Å². The number of hydrogen-bond acceptors (Lipinski definition) is 4. The molecule has 0 aromatic heterocycles. The van der Waals surface area contributed by atoms with Crippen LogP contribution in [-0.2, 0) is 9.59 Å². The Bertz CT molecular complexity index is 768. The van der Waals surface area contributed by atoms with E-state index in [-0.39, 0.29) is 12.5 Å². The Morgan fingerprint density at radius 2 is 1.85 bits per heavy atom. The molecule has 2 aromatic carbocycles. The predicted molar refractivity (Wildman–Crippen MR) is 105 cm³/mol. The van der Waals surface area contributed by atoms with Gasteiger partial charge in [-0.1, -0.05) is 42.4 Å². The fraction of sp³-hybridized carbons (Fsp3) is 0.263. The molecule has 0 radical (unpaired) electrons. The second-order valence-electron chi connectivity index (χ2n) is 6.04. The minimum absolute atomic E-state index is 0.123. The first-order valence-corrected chi connectivity index (χ1v) is 9.28. The van der Waals surface area contributed by atoms with Crippen LogP contribution >= 0.6 is 23.4 Å². The van der Waals surface area contributed by atoms with Gasteiger partial charge in [0.15, 0.2) is 0 Å². The van der Waals surface area contributed by atoms with E-state index in [1.807, 2.05) is 48.5 Å². The lowest BCUT2D eigenvalue weighted by Gasteiger charge is -2.19. The largest absolute Gasteiger partial charge is 0.481 e. The van der Waals surface area contributed by atoms with Crippen LogP contribution in [-0.4, -0.2) is 42.0 Å². The highest BCUT2D eigenvalue weighted by molar-refractivity contribution is 7.99. The van der Waals surface area contributed by atoms with Crippen molar-refractivity contribution in [2.75, 3.05) is 25.5 Å². The number of halogens is 1. The molecule has 0 heterocycles. The molecule has 2 aromatic rings. The van der Waals surface area contributed by atoms with Gasteiger partial charge in [0.05, 0.1) is 18.2 Å². The van der Waals surface area contributed by atoms with Gasteiger partial charge in [-0.05, 0) is 43.4 Å². The van der Waals surface area contributed by atoms with E-state index < -0.39 is 11.9 Å². The van der Waals surface area contributed by atoms with Crippen molar-refractivity contribution in [3.8, 4) is 0 Å². The summed E-state index contributed by atoms with van der Waals surface area (Å²) in [4.78, 5) is 26.8. The summed E-state index contributed by atoms with van der Waals surface area (Å²) >= 11 is 7.44. The van der Waals surface area contributed by atoms with Gasteiger partial charge in [0.1, 0.15) is 0 Å². The Balaban J connectivity index is 1.99. The monoisotopic (exact) mass is 392 g/mol. The van der Waals surface area contributed by atoms with E-state index >= 15 is 0 Å². The van der Waals surface area contributed by atoms with Crippen molar-refractivity contribution >= 4 is 40.9 Å². The Morgan fingerprint density at radius 3 is 2.50 bits per heavy atom. The second kappa shape index (κ2) is 9.62. The molecule has 5 nitrogen and oxygen atoms in total. The third kappa shape index (κ3) is 6.37. The number of likely N-dealkylation sites (N-methyl/N-ethyl adjacent to an activating group) is 1. The maximum atomic E-state index is 12.3. The Morgan fingerprint density at radius 1 is 1.19 bits per heavy atom. The SMILES string of the molecule is CC(CN(C)CC(=O)Nc1ccccc1Sc1ccc(Cl)cc1)C(=O)O. The topological polar surface area (TPSA) is 69.6 Å². The van der Waals surface area contributed by atoms with Crippen LogP contribution in [0.5, 0.6) is 0 Å². The molecule has 0 spiro atoms. The smallest absolute Gasteiger partial charge is 0.307 e. The summed E-state index contributed by atoms with van der Waals surface area (Å²) in [6.45, 7) is 2.05. The molecule has 1 atom stereocenters. The lowest BCUT2D eigenvalue weighted by Crippen LogP contribution is -2.35. The van der Waals surface area contributed by atoms with E-state index in [0.29, 0.717) is 11.6 Å². The van der Waals surface area contributed by atoms with Crippen LogP contribution in [0.2, 0.25) is 5.02 Å². The molecule has 7 heteroatoms. The van der Waals surface area contributed by atoms with Gasteiger partial charge in [0, 0.05) is 21.4 Å². The molecule has 0 bridgehead atoms. The van der Waals surface area contributed by atoms with Crippen molar-refractivity contribution in [3.63, 3.8) is 0 Å². The van der Waals surface area contributed by atoms with Gasteiger partial charge >= 0.3 is 5.97 Å². The van der Waals surface area contributed by atoms with Gasteiger partial charge in [-0.2, -0.15) is 0 Å². The van der Waals surface area contributed by atoms with Gasteiger partial charge in [-0.15, -0.1) is 0 Å². The van der Waals surface area contributed by atoms with Crippen LogP contribution in [0, 0.1) is 5.92 Å². The van der Waals surface area contributed by atoms with E-state index in [9.17, 15) is 9.59 Å². The van der Waals surface area contributed by atoms with Crippen LogP contribution in [0.3, 0.4) is 0 Å². The zero-order valence-electron chi connectivity index (χ0n) is 14.6. The minimum Gasteiger partial charge on any atom is -0.481 e. The molecule has 0 saturated carbocycles. The summed E-state index contributed by atoms with van der Waals surface area (Å²) < 4.78 is 0. The molecule has 0 aliphatic rings. The van der Waals surface area contributed by atoms with E-state index in [4.69, 9.17) is 16.7 Å². The molecule has 0 fully saturated rings. The summed E-state index contributed by atoms with van der Waals surface area (Å²) in [6, 6.07) is 15.0. The average molecular weight is 393 g/mol. The van der Waals surface area contributed by atoms with E-state index in [1.54, 1.807) is 18.9 Å². The van der Waals surface area contributed by atoms with E-state index in [1.165, 1.54) is 11.8 Å². The van der Waals surface area contributed by atoms with Crippen LogP contribution in [0.25, 0.3) is 0 Å². The standard InChI is InChI=1S/C19H21ClN2O3S/c1-13(19(24)25)11-22(2)12-18(23)21-16-5-3-4-6-17(16)26-15-9-7-14(20)8-10-15/h3-10,13H,11-12H2,1-2H3,(H,21,23)(H,24,25). The minimum atomic E-state index is -0.873.